The molecule has 0 saturated heterocycles. The Balaban J connectivity index is 1.45. The number of methoxy groups -OCH3 is 1. The van der Waals surface area contributed by atoms with Gasteiger partial charge < -0.3 is 15.2 Å². The second kappa shape index (κ2) is 6.26. The quantitative estimate of drug-likeness (QED) is 0.840. The summed E-state index contributed by atoms with van der Waals surface area (Å²) in [5.41, 5.74) is 1.69. The Morgan fingerprint density at radius 1 is 1.31 bits per heavy atom. The van der Waals surface area contributed by atoms with Crippen LogP contribution in [-0.4, -0.2) is 23.7 Å². The second-order valence-electron chi connectivity index (χ2n) is 9.40. The minimum Gasteiger partial charge on any atom is -0.496 e. The molecule has 2 N–H and O–H groups in total. The van der Waals surface area contributed by atoms with Gasteiger partial charge >= 0.3 is 0 Å². The minimum absolute atomic E-state index is 0.0132. The standard InChI is InChI=1S/C22H31NO3/c1-14-4-5-19(26-3)18(6-14)15(2)23-20(24)12-21-8-16-7-17(9-21)11-22(25,10-16)13-21/h4-6,15-17,25H,7-13H2,1-3H3,(H,23,24). The first-order chi connectivity index (χ1) is 12.3. The Hall–Kier alpha value is -1.55. The van der Waals surface area contributed by atoms with E-state index in [1.807, 2.05) is 26.0 Å². The zero-order chi connectivity index (χ0) is 18.5. The van der Waals surface area contributed by atoms with Crippen LogP contribution in [0.5, 0.6) is 5.75 Å². The monoisotopic (exact) mass is 357 g/mol. The largest absolute Gasteiger partial charge is 0.496 e. The molecule has 0 aliphatic heterocycles. The summed E-state index contributed by atoms with van der Waals surface area (Å²) in [4.78, 5) is 12.9. The molecule has 1 aromatic rings. The topological polar surface area (TPSA) is 58.6 Å². The number of benzene rings is 1. The number of rotatable bonds is 5. The van der Waals surface area contributed by atoms with Crippen molar-refractivity contribution in [2.75, 3.05) is 7.11 Å². The number of aryl methyl sites for hydroxylation is 1. The van der Waals surface area contributed by atoms with E-state index in [9.17, 15) is 9.90 Å². The van der Waals surface area contributed by atoms with E-state index in [1.54, 1.807) is 7.11 Å². The summed E-state index contributed by atoms with van der Waals surface area (Å²) in [6.07, 6.45) is 6.72. The van der Waals surface area contributed by atoms with Crippen molar-refractivity contribution in [3.05, 3.63) is 29.3 Å². The molecule has 4 fully saturated rings. The van der Waals surface area contributed by atoms with Crippen molar-refractivity contribution < 1.29 is 14.6 Å². The second-order valence-corrected chi connectivity index (χ2v) is 9.40. The highest BCUT2D eigenvalue weighted by Crippen LogP contribution is 2.62. The van der Waals surface area contributed by atoms with Crippen molar-refractivity contribution in [2.24, 2.45) is 17.3 Å². The molecule has 4 bridgehead atoms. The number of amides is 1. The van der Waals surface area contributed by atoms with E-state index in [2.05, 4.69) is 11.4 Å². The zero-order valence-corrected chi connectivity index (χ0v) is 16.2. The van der Waals surface area contributed by atoms with Crippen molar-refractivity contribution in [1.82, 2.24) is 5.32 Å². The lowest BCUT2D eigenvalue weighted by Gasteiger charge is -2.60. The fourth-order valence-electron chi connectivity index (χ4n) is 6.51. The molecule has 5 rings (SSSR count). The number of nitrogens with one attached hydrogen (secondary N) is 1. The van der Waals surface area contributed by atoms with Crippen molar-refractivity contribution in [3.8, 4) is 5.75 Å². The number of carbonyl (C=O) groups is 1. The van der Waals surface area contributed by atoms with E-state index in [4.69, 9.17) is 4.74 Å². The van der Waals surface area contributed by atoms with Crippen LogP contribution in [0.4, 0.5) is 0 Å². The van der Waals surface area contributed by atoms with Crippen LogP contribution >= 0.6 is 0 Å². The smallest absolute Gasteiger partial charge is 0.221 e. The van der Waals surface area contributed by atoms with E-state index < -0.39 is 5.60 Å². The Morgan fingerprint density at radius 2 is 2.00 bits per heavy atom. The molecule has 4 nitrogen and oxygen atoms in total. The summed E-state index contributed by atoms with van der Waals surface area (Å²) in [5, 5.41) is 14.1. The fourth-order valence-corrected chi connectivity index (χ4v) is 6.51. The SMILES string of the molecule is COc1ccc(C)cc1C(C)NC(=O)CC12CC3CC(CC(O)(C3)C1)C2. The molecule has 0 heterocycles. The van der Waals surface area contributed by atoms with Crippen LogP contribution in [0, 0.1) is 24.2 Å². The van der Waals surface area contributed by atoms with Crippen molar-refractivity contribution in [2.45, 2.75) is 70.4 Å². The Bertz CT molecular complexity index is 699. The molecule has 3 unspecified atom stereocenters. The third kappa shape index (κ3) is 3.24. The first-order valence-corrected chi connectivity index (χ1v) is 9.96. The maximum absolute atomic E-state index is 12.9. The first kappa shape index (κ1) is 17.8. The average molecular weight is 357 g/mol. The molecule has 0 spiro atoms. The number of hydrogen-bond donors (Lipinski definition) is 2. The summed E-state index contributed by atoms with van der Waals surface area (Å²) in [5.74, 6) is 2.14. The molecule has 1 amide bonds. The average Bonchev–Trinajstić information content (AvgIpc) is 2.51. The van der Waals surface area contributed by atoms with Crippen molar-refractivity contribution >= 4 is 5.91 Å². The van der Waals surface area contributed by atoms with E-state index in [0.29, 0.717) is 18.3 Å². The fraction of sp³-hybridized carbons (Fsp3) is 0.682. The highest BCUT2D eigenvalue weighted by atomic mass is 16.5. The predicted octanol–water partition coefficient (Wildman–Crippen LogP) is 3.90. The summed E-state index contributed by atoms with van der Waals surface area (Å²) in [7, 11) is 1.67. The normalized spacial score (nSPS) is 36.0. The molecule has 4 aliphatic rings. The van der Waals surface area contributed by atoms with Crippen LogP contribution in [0.1, 0.15) is 69.0 Å². The van der Waals surface area contributed by atoms with Crippen LogP contribution in [0.3, 0.4) is 0 Å². The summed E-state index contributed by atoms with van der Waals surface area (Å²) < 4.78 is 5.47. The van der Waals surface area contributed by atoms with Gasteiger partial charge in [0, 0.05) is 12.0 Å². The molecule has 4 saturated carbocycles. The molecule has 26 heavy (non-hydrogen) atoms. The van der Waals surface area contributed by atoms with Gasteiger partial charge in [0.2, 0.25) is 5.91 Å². The summed E-state index contributed by atoms with van der Waals surface area (Å²) >= 11 is 0. The number of hydrogen-bond acceptors (Lipinski definition) is 3. The third-order valence-corrected chi connectivity index (χ3v) is 6.92. The molecule has 142 valence electrons. The molecule has 4 heteroatoms. The van der Waals surface area contributed by atoms with Crippen LogP contribution in [0.2, 0.25) is 0 Å². The molecular weight excluding hydrogens is 326 g/mol. The van der Waals surface area contributed by atoms with Gasteiger partial charge in [0.15, 0.2) is 0 Å². The lowest BCUT2D eigenvalue weighted by atomic mass is 9.47. The Labute approximate surface area is 156 Å². The molecule has 4 aliphatic carbocycles. The van der Waals surface area contributed by atoms with Crippen molar-refractivity contribution in [3.63, 3.8) is 0 Å². The lowest BCUT2D eigenvalue weighted by Crippen LogP contribution is -2.56. The van der Waals surface area contributed by atoms with Crippen LogP contribution in [-0.2, 0) is 4.79 Å². The molecule has 3 atom stereocenters. The van der Waals surface area contributed by atoms with Gasteiger partial charge in [0.05, 0.1) is 18.8 Å². The number of carbonyl (C=O) groups excluding carboxylic acids is 1. The highest BCUT2D eigenvalue weighted by molar-refractivity contribution is 5.77. The third-order valence-electron chi connectivity index (χ3n) is 6.92. The van der Waals surface area contributed by atoms with Gasteiger partial charge in [0.1, 0.15) is 5.75 Å². The van der Waals surface area contributed by atoms with Gasteiger partial charge in [0.25, 0.3) is 0 Å². The van der Waals surface area contributed by atoms with E-state index in [1.165, 1.54) is 6.42 Å². The maximum atomic E-state index is 12.9. The van der Waals surface area contributed by atoms with E-state index >= 15 is 0 Å². The van der Waals surface area contributed by atoms with Crippen molar-refractivity contribution in [1.29, 1.82) is 0 Å². The van der Waals surface area contributed by atoms with Gasteiger partial charge in [-0.15, -0.1) is 0 Å². The Kier molecular flexibility index (Phi) is 4.30. The predicted molar refractivity (Wildman–Crippen MR) is 101 cm³/mol. The first-order valence-electron chi connectivity index (χ1n) is 9.96. The number of aliphatic hydroxyl groups is 1. The minimum atomic E-state index is -0.504. The molecule has 0 radical (unpaired) electrons. The Morgan fingerprint density at radius 3 is 2.62 bits per heavy atom. The van der Waals surface area contributed by atoms with Crippen LogP contribution in [0.25, 0.3) is 0 Å². The molecular formula is C22H31NO3. The summed E-state index contributed by atoms with van der Waals surface area (Å²) in [6.45, 7) is 4.07. The molecule has 1 aromatic carbocycles. The van der Waals surface area contributed by atoms with Gasteiger partial charge in [-0.1, -0.05) is 17.7 Å². The van der Waals surface area contributed by atoms with Gasteiger partial charge in [-0.25, -0.2) is 0 Å². The van der Waals surface area contributed by atoms with E-state index in [-0.39, 0.29) is 17.4 Å². The molecule has 0 aromatic heterocycles. The summed E-state index contributed by atoms with van der Waals surface area (Å²) in [6, 6.07) is 5.97. The number of ether oxygens (including phenoxy) is 1. The van der Waals surface area contributed by atoms with Gasteiger partial charge in [-0.05, 0) is 75.7 Å². The van der Waals surface area contributed by atoms with E-state index in [0.717, 1.165) is 49.0 Å². The lowest BCUT2D eigenvalue weighted by molar-refractivity contribution is -0.169. The van der Waals surface area contributed by atoms with Crippen LogP contribution < -0.4 is 10.1 Å². The zero-order valence-electron chi connectivity index (χ0n) is 16.2. The van der Waals surface area contributed by atoms with Gasteiger partial charge in [-0.2, -0.15) is 0 Å². The van der Waals surface area contributed by atoms with Crippen LogP contribution in [0.15, 0.2) is 18.2 Å². The maximum Gasteiger partial charge on any atom is 0.221 e. The highest BCUT2D eigenvalue weighted by Gasteiger charge is 2.57. The van der Waals surface area contributed by atoms with Gasteiger partial charge in [-0.3, -0.25) is 4.79 Å².